The van der Waals surface area contributed by atoms with E-state index in [-0.39, 0.29) is 29.5 Å². The van der Waals surface area contributed by atoms with Crippen LogP contribution in [0.1, 0.15) is 87.1 Å². The SMILES string of the molecule is CCCCCc1cc(O)c(C/C=C(\C)CCC=C(C)C)c(O)c1C(=O)N(C)Cc1nnn[nH]1. The summed E-state index contributed by atoms with van der Waals surface area (Å²) in [6, 6.07) is 1.63. The maximum absolute atomic E-state index is 13.3. The average Bonchev–Trinajstić information content (AvgIpc) is 3.26. The van der Waals surface area contributed by atoms with Crippen LogP contribution in [0.25, 0.3) is 0 Å². The Bertz CT molecular complexity index is 976. The number of phenolic OH excluding ortho intramolecular Hbond substituents is 2. The smallest absolute Gasteiger partial charge is 0.258 e. The Labute approximate surface area is 196 Å². The van der Waals surface area contributed by atoms with Gasteiger partial charge in [-0.1, -0.05) is 43.1 Å². The number of aryl methyl sites for hydroxylation is 1. The number of hydrogen-bond acceptors (Lipinski definition) is 6. The second kappa shape index (κ2) is 12.8. The lowest BCUT2D eigenvalue weighted by Gasteiger charge is -2.21. The molecule has 8 nitrogen and oxygen atoms in total. The third-order valence-electron chi connectivity index (χ3n) is 5.60. The monoisotopic (exact) mass is 455 g/mol. The molecule has 0 atom stereocenters. The van der Waals surface area contributed by atoms with Crippen LogP contribution in [-0.2, 0) is 19.4 Å². The number of aromatic nitrogens is 4. The maximum atomic E-state index is 13.3. The molecular formula is C25H37N5O3. The van der Waals surface area contributed by atoms with Gasteiger partial charge in [0.2, 0.25) is 0 Å². The highest BCUT2D eigenvalue weighted by atomic mass is 16.3. The summed E-state index contributed by atoms with van der Waals surface area (Å²) in [6.07, 6.45) is 9.91. The zero-order valence-electron chi connectivity index (χ0n) is 20.5. The van der Waals surface area contributed by atoms with Gasteiger partial charge < -0.3 is 15.1 Å². The van der Waals surface area contributed by atoms with Gasteiger partial charge in [0.25, 0.3) is 5.91 Å². The molecule has 1 aromatic carbocycles. The molecule has 0 aliphatic rings. The first-order valence-corrected chi connectivity index (χ1v) is 11.6. The van der Waals surface area contributed by atoms with E-state index in [9.17, 15) is 15.0 Å². The van der Waals surface area contributed by atoms with Crippen LogP contribution in [0.2, 0.25) is 0 Å². The molecule has 1 heterocycles. The van der Waals surface area contributed by atoms with Gasteiger partial charge in [0.05, 0.1) is 12.1 Å². The highest BCUT2D eigenvalue weighted by Crippen LogP contribution is 2.36. The van der Waals surface area contributed by atoms with E-state index in [1.165, 1.54) is 16.0 Å². The number of nitrogens with zero attached hydrogens (tertiary/aromatic N) is 4. The van der Waals surface area contributed by atoms with E-state index in [1.807, 2.05) is 13.0 Å². The Kier molecular flexibility index (Phi) is 10.1. The minimum Gasteiger partial charge on any atom is -0.508 e. The molecule has 0 saturated heterocycles. The van der Waals surface area contributed by atoms with Crippen LogP contribution in [-0.4, -0.2) is 48.7 Å². The van der Waals surface area contributed by atoms with Gasteiger partial charge in [-0.05, 0) is 74.9 Å². The van der Waals surface area contributed by atoms with Crippen molar-refractivity contribution >= 4 is 5.91 Å². The number of carbonyl (C=O) groups excluding carboxylic acids is 1. The van der Waals surface area contributed by atoms with Gasteiger partial charge in [-0.15, -0.1) is 5.10 Å². The van der Waals surface area contributed by atoms with Crippen molar-refractivity contribution in [1.82, 2.24) is 25.5 Å². The average molecular weight is 456 g/mol. The summed E-state index contributed by atoms with van der Waals surface area (Å²) in [6.45, 7) is 8.48. The highest BCUT2D eigenvalue weighted by Gasteiger charge is 2.25. The molecule has 3 N–H and O–H groups in total. The van der Waals surface area contributed by atoms with Gasteiger partial charge in [0.1, 0.15) is 11.5 Å². The Hall–Kier alpha value is -3.16. The van der Waals surface area contributed by atoms with Gasteiger partial charge >= 0.3 is 0 Å². The number of rotatable bonds is 12. The quantitative estimate of drug-likeness (QED) is 0.311. The first kappa shape index (κ1) is 26.1. The molecule has 1 amide bonds. The fourth-order valence-corrected chi connectivity index (χ4v) is 3.65. The van der Waals surface area contributed by atoms with Gasteiger partial charge in [-0.2, -0.15) is 0 Å². The molecule has 2 rings (SSSR count). The van der Waals surface area contributed by atoms with Crippen LogP contribution >= 0.6 is 0 Å². The summed E-state index contributed by atoms with van der Waals surface area (Å²) in [5, 5.41) is 35.4. The summed E-state index contributed by atoms with van der Waals surface area (Å²) in [7, 11) is 1.64. The van der Waals surface area contributed by atoms with Crippen molar-refractivity contribution in [3.63, 3.8) is 0 Å². The standard InChI is InChI=1S/C25H37N5O3/c1-6-7-8-12-19-15-21(31)20(14-13-18(4)11-9-10-17(2)3)24(32)23(19)25(33)30(5)16-22-26-28-29-27-22/h10,13,15,31-32H,6-9,11-12,14,16H2,1-5H3,(H,26,27,28,29)/b18-13+. The number of allylic oxidation sites excluding steroid dienone is 4. The molecule has 180 valence electrons. The summed E-state index contributed by atoms with van der Waals surface area (Å²) in [5.41, 5.74) is 3.71. The van der Waals surface area contributed by atoms with E-state index in [0.717, 1.165) is 32.1 Å². The molecule has 0 aliphatic carbocycles. The molecule has 0 aliphatic heterocycles. The van der Waals surface area contributed by atoms with E-state index in [1.54, 1.807) is 13.1 Å². The normalized spacial score (nSPS) is 11.5. The Morgan fingerprint density at radius 1 is 1.18 bits per heavy atom. The van der Waals surface area contributed by atoms with Crippen molar-refractivity contribution in [2.75, 3.05) is 7.05 Å². The zero-order valence-corrected chi connectivity index (χ0v) is 20.5. The number of H-pyrrole nitrogens is 1. The van der Waals surface area contributed by atoms with Gasteiger partial charge in [-0.25, -0.2) is 5.10 Å². The minimum absolute atomic E-state index is 0.0194. The Morgan fingerprint density at radius 3 is 2.58 bits per heavy atom. The van der Waals surface area contributed by atoms with Crippen molar-refractivity contribution in [2.24, 2.45) is 0 Å². The van der Waals surface area contributed by atoms with E-state index < -0.39 is 0 Å². The fraction of sp³-hybridized carbons (Fsp3) is 0.520. The van der Waals surface area contributed by atoms with Crippen LogP contribution in [0.3, 0.4) is 0 Å². The third-order valence-corrected chi connectivity index (χ3v) is 5.60. The van der Waals surface area contributed by atoms with Crippen molar-refractivity contribution in [1.29, 1.82) is 0 Å². The largest absolute Gasteiger partial charge is 0.508 e. The summed E-state index contributed by atoms with van der Waals surface area (Å²) < 4.78 is 0. The zero-order chi connectivity index (χ0) is 24.4. The molecule has 0 bridgehead atoms. The first-order chi connectivity index (χ1) is 15.7. The highest BCUT2D eigenvalue weighted by molar-refractivity contribution is 5.99. The number of aromatic amines is 1. The number of hydrogen-bond donors (Lipinski definition) is 3. The molecule has 0 fully saturated rings. The number of amides is 1. The maximum Gasteiger partial charge on any atom is 0.258 e. The van der Waals surface area contributed by atoms with E-state index >= 15 is 0 Å². The first-order valence-electron chi connectivity index (χ1n) is 11.6. The van der Waals surface area contributed by atoms with E-state index in [4.69, 9.17) is 0 Å². The second-order valence-electron chi connectivity index (χ2n) is 8.80. The number of benzene rings is 1. The van der Waals surface area contributed by atoms with Gasteiger partial charge in [-0.3, -0.25) is 4.79 Å². The number of carbonyl (C=O) groups is 1. The lowest BCUT2D eigenvalue weighted by atomic mass is 9.94. The molecule has 1 aromatic heterocycles. The van der Waals surface area contributed by atoms with Crippen molar-refractivity contribution in [2.45, 2.75) is 79.2 Å². The number of unbranched alkanes of at least 4 members (excludes halogenated alkanes) is 2. The predicted molar refractivity (Wildman–Crippen MR) is 129 cm³/mol. The Balaban J connectivity index is 2.33. The number of aromatic hydroxyl groups is 2. The van der Waals surface area contributed by atoms with E-state index in [2.05, 4.69) is 47.5 Å². The lowest BCUT2D eigenvalue weighted by Crippen LogP contribution is -2.28. The van der Waals surface area contributed by atoms with E-state index in [0.29, 0.717) is 29.8 Å². The summed E-state index contributed by atoms with van der Waals surface area (Å²) >= 11 is 0. The molecule has 2 aromatic rings. The van der Waals surface area contributed by atoms with Crippen LogP contribution in [0.5, 0.6) is 11.5 Å². The number of nitrogens with one attached hydrogen (secondary N) is 1. The third kappa shape index (κ3) is 7.73. The summed E-state index contributed by atoms with van der Waals surface area (Å²) in [5.74, 6) is -0.0129. The van der Waals surface area contributed by atoms with Crippen LogP contribution < -0.4 is 0 Å². The molecule has 0 unspecified atom stereocenters. The van der Waals surface area contributed by atoms with Crippen LogP contribution in [0.15, 0.2) is 29.4 Å². The van der Waals surface area contributed by atoms with Gasteiger partial charge in [0.15, 0.2) is 5.82 Å². The molecule has 0 saturated carbocycles. The molecule has 0 radical (unpaired) electrons. The number of phenols is 2. The van der Waals surface area contributed by atoms with Crippen molar-refractivity contribution in [3.05, 3.63) is 51.9 Å². The molecule has 0 spiro atoms. The summed E-state index contributed by atoms with van der Waals surface area (Å²) in [4.78, 5) is 14.8. The molecule has 33 heavy (non-hydrogen) atoms. The lowest BCUT2D eigenvalue weighted by molar-refractivity contribution is 0.0777. The molecular weight excluding hydrogens is 418 g/mol. The van der Waals surface area contributed by atoms with Crippen LogP contribution in [0, 0.1) is 0 Å². The topological polar surface area (TPSA) is 115 Å². The van der Waals surface area contributed by atoms with Crippen molar-refractivity contribution < 1.29 is 15.0 Å². The second-order valence-corrected chi connectivity index (χ2v) is 8.80. The van der Waals surface area contributed by atoms with Crippen molar-refractivity contribution in [3.8, 4) is 11.5 Å². The molecule has 8 heteroatoms. The fourth-order valence-electron chi connectivity index (χ4n) is 3.65. The van der Waals surface area contributed by atoms with Crippen LogP contribution in [0.4, 0.5) is 0 Å². The number of tetrazole rings is 1. The predicted octanol–water partition coefficient (Wildman–Crippen LogP) is 4.85. The minimum atomic E-state index is -0.332. The van der Waals surface area contributed by atoms with Gasteiger partial charge in [0, 0.05) is 12.6 Å². The Morgan fingerprint density at radius 2 is 1.94 bits per heavy atom.